The van der Waals surface area contributed by atoms with E-state index in [0.717, 1.165) is 45.2 Å². The van der Waals surface area contributed by atoms with E-state index in [1.807, 2.05) is 6.92 Å². The minimum Gasteiger partial charge on any atom is -0.365 e. The predicted octanol–water partition coefficient (Wildman–Crippen LogP) is 0.799. The van der Waals surface area contributed by atoms with Gasteiger partial charge >= 0.3 is 0 Å². The van der Waals surface area contributed by atoms with Crippen molar-refractivity contribution in [2.75, 3.05) is 13.1 Å². The lowest BCUT2D eigenvalue weighted by Crippen LogP contribution is -2.35. The van der Waals surface area contributed by atoms with Crippen LogP contribution in [0.3, 0.4) is 0 Å². The number of nitrogens with two attached hydrogens (primary N) is 1. The minimum absolute atomic E-state index is 0.0482. The molecule has 1 aliphatic heterocycles. The van der Waals surface area contributed by atoms with Gasteiger partial charge in [-0.2, -0.15) is 0 Å². The second kappa shape index (κ2) is 6.80. The van der Waals surface area contributed by atoms with Crippen molar-refractivity contribution < 1.29 is 9.53 Å². The largest absolute Gasteiger partial charge is 0.365 e. The van der Waals surface area contributed by atoms with Crippen LogP contribution in [0.2, 0.25) is 0 Å². The van der Waals surface area contributed by atoms with Gasteiger partial charge in [0.15, 0.2) is 0 Å². The first-order valence-electron chi connectivity index (χ1n) is 5.87. The lowest BCUT2D eigenvalue weighted by molar-refractivity contribution is -0.131. The average molecular weight is 214 g/mol. The van der Waals surface area contributed by atoms with Crippen LogP contribution >= 0.6 is 0 Å². The van der Waals surface area contributed by atoms with Gasteiger partial charge < -0.3 is 15.8 Å². The summed E-state index contributed by atoms with van der Waals surface area (Å²) in [5.74, 6) is 0.0482. The topological polar surface area (TPSA) is 64.4 Å². The van der Waals surface area contributed by atoms with Gasteiger partial charge in [0.1, 0.15) is 6.10 Å². The van der Waals surface area contributed by atoms with Gasteiger partial charge in [-0.15, -0.1) is 0 Å². The molecule has 0 radical (unpaired) electrons. The van der Waals surface area contributed by atoms with E-state index in [0.29, 0.717) is 0 Å². The second-order valence-electron chi connectivity index (χ2n) is 4.15. The molecule has 1 rings (SSSR count). The number of ether oxygens (including phenoxy) is 1. The predicted molar refractivity (Wildman–Crippen MR) is 59.5 cm³/mol. The lowest BCUT2D eigenvalue weighted by atomic mass is 10.2. The van der Waals surface area contributed by atoms with E-state index in [9.17, 15) is 4.79 Å². The molecule has 2 unspecified atom stereocenters. The van der Waals surface area contributed by atoms with Gasteiger partial charge in [-0.1, -0.05) is 6.42 Å². The number of rotatable bonds is 6. The second-order valence-corrected chi connectivity index (χ2v) is 4.15. The fraction of sp³-hybridized carbons (Fsp3) is 0.909. The summed E-state index contributed by atoms with van der Waals surface area (Å²) < 4.78 is 5.47. The van der Waals surface area contributed by atoms with Crippen molar-refractivity contribution in [2.24, 2.45) is 5.73 Å². The van der Waals surface area contributed by atoms with Crippen LogP contribution in [0, 0.1) is 0 Å². The van der Waals surface area contributed by atoms with Gasteiger partial charge in [-0.25, -0.2) is 0 Å². The maximum atomic E-state index is 11.6. The Morgan fingerprint density at radius 2 is 2.20 bits per heavy atom. The Kier molecular flexibility index (Phi) is 5.65. The van der Waals surface area contributed by atoms with Crippen LogP contribution in [0.5, 0.6) is 0 Å². The Morgan fingerprint density at radius 3 is 2.80 bits per heavy atom. The summed E-state index contributed by atoms with van der Waals surface area (Å²) in [5.41, 5.74) is 5.38. The number of hydrogen-bond donors (Lipinski definition) is 2. The molecule has 2 atom stereocenters. The number of nitrogens with one attached hydrogen (secondary N) is 1. The molecule has 0 aromatic carbocycles. The third-order valence-electron chi connectivity index (χ3n) is 2.70. The highest BCUT2D eigenvalue weighted by Crippen LogP contribution is 2.18. The highest BCUT2D eigenvalue weighted by molar-refractivity contribution is 5.80. The third-order valence-corrected chi connectivity index (χ3v) is 2.70. The molecule has 0 saturated carbocycles. The van der Waals surface area contributed by atoms with Crippen molar-refractivity contribution in [3.8, 4) is 0 Å². The molecule has 1 aliphatic rings. The fourth-order valence-corrected chi connectivity index (χ4v) is 1.77. The molecule has 1 fully saturated rings. The zero-order valence-electron chi connectivity index (χ0n) is 9.50. The minimum atomic E-state index is -0.213. The lowest BCUT2D eigenvalue weighted by Gasteiger charge is -2.11. The Bertz CT molecular complexity index is 197. The molecule has 0 aromatic heterocycles. The van der Waals surface area contributed by atoms with Crippen molar-refractivity contribution in [3.05, 3.63) is 0 Å². The summed E-state index contributed by atoms with van der Waals surface area (Å²) in [6.07, 6.45) is 4.99. The van der Waals surface area contributed by atoms with E-state index in [-0.39, 0.29) is 18.1 Å². The maximum absolute atomic E-state index is 11.6. The quantitative estimate of drug-likeness (QED) is 0.643. The summed E-state index contributed by atoms with van der Waals surface area (Å²) in [6.45, 7) is 3.48. The van der Waals surface area contributed by atoms with Gasteiger partial charge in [-0.05, 0) is 39.2 Å². The van der Waals surface area contributed by atoms with E-state index in [4.69, 9.17) is 10.5 Å². The summed E-state index contributed by atoms with van der Waals surface area (Å²) in [4.78, 5) is 11.6. The van der Waals surface area contributed by atoms with Crippen molar-refractivity contribution in [1.82, 2.24) is 5.32 Å². The molecule has 4 nitrogen and oxygen atoms in total. The Balaban J connectivity index is 2.03. The number of carbonyl (C=O) groups excluding carboxylic acids is 1. The Labute approximate surface area is 91.5 Å². The van der Waals surface area contributed by atoms with Crippen LogP contribution < -0.4 is 11.1 Å². The molecule has 15 heavy (non-hydrogen) atoms. The van der Waals surface area contributed by atoms with Gasteiger partial charge in [0.25, 0.3) is 0 Å². The zero-order chi connectivity index (χ0) is 11.1. The highest BCUT2D eigenvalue weighted by Gasteiger charge is 2.27. The van der Waals surface area contributed by atoms with Crippen LogP contribution in [0.25, 0.3) is 0 Å². The van der Waals surface area contributed by atoms with E-state index < -0.39 is 0 Å². The van der Waals surface area contributed by atoms with Crippen LogP contribution in [0.1, 0.15) is 39.0 Å². The first-order chi connectivity index (χ1) is 7.24. The molecular weight excluding hydrogens is 192 g/mol. The summed E-state index contributed by atoms with van der Waals surface area (Å²) in [7, 11) is 0. The van der Waals surface area contributed by atoms with Gasteiger partial charge in [0.05, 0.1) is 6.10 Å². The molecule has 0 aromatic rings. The SMILES string of the molecule is CC1CCC(C(=O)NCCCCCN)O1. The normalized spacial score (nSPS) is 25.5. The van der Waals surface area contributed by atoms with Crippen LogP contribution in [0.4, 0.5) is 0 Å². The summed E-state index contributed by atoms with van der Waals surface area (Å²) in [6, 6.07) is 0. The molecule has 0 aliphatic carbocycles. The molecule has 0 spiro atoms. The molecule has 88 valence electrons. The van der Waals surface area contributed by atoms with Crippen molar-refractivity contribution >= 4 is 5.91 Å². The Hall–Kier alpha value is -0.610. The van der Waals surface area contributed by atoms with Gasteiger partial charge in [0.2, 0.25) is 5.91 Å². The summed E-state index contributed by atoms with van der Waals surface area (Å²) in [5, 5.41) is 2.90. The van der Waals surface area contributed by atoms with Crippen molar-refractivity contribution in [1.29, 1.82) is 0 Å². The number of amides is 1. The van der Waals surface area contributed by atoms with Crippen molar-refractivity contribution in [3.63, 3.8) is 0 Å². The standard InChI is InChI=1S/C11H22N2O2/c1-9-5-6-10(15-9)11(14)13-8-4-2-3-7-12/h9-10H,2-8,12H2,1H3,(H,13,14). The van der Waals surface area contributed by atoms with Crippen LogP contribution in [0.15, 0.2) is 0 Å². The fourth-order valence-electron chi connectivity index (χ4n) is 1.77. The monoisotopic (exact) mass is 214 g/mol. The highest BCUT2D eigenvalue weighted by atomic mass is 16.5. The van der Waals surface area contributed by atoms with E-state index in [1.54, 1.807) is 0 Å². The van der Waals surface area contributed by atoms with Gasteiger partial charge in [0, 0.05) is 6.54 Å². The third kappa shape index (κ3) is 4.62. The first kappa shape index (κ1) is 12.5. The zero-order valence-corrected chi connectivity index (χ0v) is 9.50. The molecule has 1 heterocycles. The van der Waals surface area contributed by atoms with Crippen LogP contribution in [-0.2, 0) is 9.53 Å². The molecule has 3 N–H and O–H groups in total. The van der Waals surface area contributed by atoms with Gasteiger partial charge in [-0.3, -0.25) is 4.79 Å². The van der Waals surface area contributed by atoms with E-state index in [2.05, 4.69) is 5.32 Å². The number of hydrogen-bond acceptors (Lipinski definition) is 3. The van der Waals surface area contributed by atoms with E-state index >= 15 is 0 Å². The van der Waals surface area contributed by atoms with Crippen molar-refractivity contribution in [2.45, 2.75) is 51.2 Å². The molecule has 1 saturated heterocycles. The first-order valence-corrected chi connectivity index (χ1v) is 5.87. The molecule has 4 heteroatoms. The van der Waals surface area contributed by atoms with Crippen LogP contribution in [-0.4, -0.2) is 31.2 Å². The van der Waals surface area contributed by atoms with E-state index in [1.165, 1.54) is 0 Å². The molecular formula is C11H22N2O2. The number of unbranched alkanes of at least 4 members (excludes halogenated alkanes) is 2. The summed E-state index contributed by atoms with van der Waals surface area (Å²) >= 11 is 0. The maximum Gasteiger partial charge on any atom is 0.249 e. The average Bonchev–Trinajstić information content (AvgIpc) is 2.64. The smallest absolute Gasteiger partial charge is 0.249 e. The molecule has 0 bridgehead atoms. The number of carbonyl (C=O) groups is 1. The molecule has 1 amide bonds. The Morgan fingerprint density at radius 1 is 1.40 bits per heavy atom.